The Bertz CT molecular complexity index is 394. The Kier molecular flexibility index (Phi) is 4.84. The summed E-state index contributed by atoms with van der Waals surface area (Å²) >= 11 is 0. The summed E-state index contributed by atoms with van der Waals surface area (Å²) in [4.78, 5) is 14.4. The number of hydrogen-bond acceptors (Lipinski definition) is 5. The Hall–Kier alpha value is -1.69. The molecular weight excluding hydrogens is 222 g/mol. The van der Waals surface area contributed by atoms with E-state index in [4.69, 9.17) is 5.11 Å². The van der Waals surface area contributed by atoms with E-state index in [9.17, 15) is 10.1 Å². The van der Waals surface area contributed by atoms with Crippen LogP contribution in [-0.4, -0.2) is 27.7 Å². The highest BCUT2D eigenvalue weighted by molar-refractivity contribution is 5.48. The smallest absolute Gasteiger partial charge is 0.277 e. The Morgan fingerprint density at radius 1 is 1.65 bits per heavy atom. The van der Waals surface area contributed by atoms with Crippen molar-refractivity contribution < 1.29 is 10.0 Å². The van der Waals surface area contributed by atoms with Crippen molar-refractivity contribution in [1.29, 1.82) is 0 Å². The second-order valence-corrected chi connectivity index (χ2v) is 4.03. The zero-order chi connectivity index (χ0) is 12.8. The number of pyridine rings is 1. The normalized spacial score (nSPS) is 12.2. The molecular formula is C11H17N3O3. The lowest BCUT2D eigenvalue weighted by Gasteiger charge is -2.07. The van der Waals surface area contributed by atoms with Gasteiger partial charge in [0.1, 0.15) is 5.82 Å². The number of anilines is 1. The topological polar surface area (TPSA) is 88.3 Å². The van der Waals surface area contributed by atoms with Gasteiger partial charge in [0.25, 0.3) is 5.69 Å². The van der Waals surface area contributed by atoms with Crippen LogP contribution in [0.25, 0.3) is 0 Å². The first-order valence-corrected chi connectivity index (χ1v) is 5.53. The summed E-state index contributed by atoms with van der Waals surface area (Å²) < 4.78 is 0. The van der Waals surface area contributed by atoms with Gasteiger partial charge in [-0.3, -0.25) is 10.1 Å². The van der Waals surface area contributed by atoms with Crippen LogP contribution >= 0.6 is 0 Å². The van der Waals surface area contributed by atoms with Crippen LogP contribution < -0.4 is 5.32 Å². The Balaban J connectivity index is 2.54. The molecule has 1 aromatic heterocycles. The molecule has 0 bridgehead atoms. The molecule has 0 fully saturated rings. The molecule has 0 aliphatic carbocycles. The highest BCUT2D eigenvalue weighted by Crippen LogP contribution is 2.19. The van der Waals surface area contributed by atoms with Gasteiger partial charge in [-0.1, -0.05) is 0 Å². The van der Waals surface area contributed by atoms with E-state index < -0.39 is 4.92 Å². The SMILES string of the molecule is Cc1cnc(NCCCC(C)O)cc1[N+](=O)[O-]. The lowest BCUT2D eigenvalue weighted by Crippen LogP contribution is -2.08. The van der Waals surface area contributed by atoms with Gasteiger partial charge in [-0.15, -0.1) is 0 Å². The molecule has 6 nitrogen and oxygen atoms in total. The lowest BCUT2D eigenvalue weighted by molar-refractivity contribution is -0.385. The summed E-state index contributed by atoms with van der Waals surface area (Å²) in [6.07, 6.45) is 2.65. The number of rotatable bonds is 6. The van der Waals surface area contributed by atoms with Crippen LogP contribution in [0.1, 0.15) is 25.3 Å². The highest BCUT2D eigenvalue weighted by Gasteiger charge is 2.11. The first-order chi connectivity index (χ1) is 8.00. The Labute approximate surface area is 99.8 Å². The highest BCUT2D eigenvalue weighted by atomic mass is 16.6. The van der Waals surface area contributed by atoms with Crippen LogP contribution in [0, 0.1) is 17.0 Å². The molecule has 2 N–H and O–H groups in total. The number of nitro groups is 1. The van der Waals surface area contributed by atoms with Crippen molar-refractivity contribution in [2.24, 2.45) is 0 Å². The largest absolute Gasteiger partial charge is 0.393 e. The minimum atomic E-state index is -0.419. The van der Waals surface area contributed by atoms with Gasteiger partial charge < -0.3 is 10.4 Å². The maximum Gasteiger partial charge on any atom is 0.277 e. The van der Waals surface area contributed by atoms with E-state index in [0.717, 1.165) is 6.42 Å². The zero-order valence-corrected chi connectivity index (χ0v) is 10.0. The number of hydrogen-bond donors (Lipinski definition) is 2. The molecule has 1 aromatic rings. The van der Waals surface area contributed by atoms with Crippen molar-refractivity contribution in [3.63, 3.8) is 0 Å². The summed E-state index contributed by atoms with van der Waals surface area (Å²) in [5, 5.41) is 22.8. The predicted molar refractivity (Wildman–Crippen MR) is 65.0 cm³/mol. The summed E-state index contributed by atoms with van der Waals surface area (Å²) in [7, 11) is 0. The van der Waals surface area contributed by atoms with E-state index in [-0.39, 0.29) is 11.8 Å². The van der Waals surface area contributed by atoms with Crippen molar-refractivity contribution in [3.8, 4) is 0 Å². The van der Waals surface area contributed by atoms with Crippen molar-refractivity contribution in [3.05, 3.63) is 27.9 Å². The first kappa shape index (κ1) is 13.4. The van der Waals surface area contributed by atoms with E-state index in [0.29, 0.717) is 24.3 Å². The molecule has 0 spiro atoms. The van der Waals surface area contributed by atoms with E-state index in [1.165, 1.54) is 12.3 Å². The second-order valence-electron chi connectivity index (χ2n) is 4.03. The fourth-order valence-corrected chi connectivity index (χ4v) is 1.42. The van der Waals surface area contributed by atoms with E-state index in [2.05, 4.69) is 10.3 Å². The van der Waals surface area contributed by atoms with Crippen LogP contribution in [0.2, 0.25) is 0 Å². The Morgan fingerprint density at radius 3 is 2.94 bits per heavy atom. The molecule has 0 saturated carbocycles. The van der Waals surface area contributed by atoms with Crippen LogP contribution in [0.5, 0.6) is 0 Å². The van der Waals surface area contributed by atoms with Crippen molar-refractivity contribution in [1.82, 2.24) is 4.98 Å². The minimum absolute atomic E-state index is 0.0676. The maximum absolute atomic E-state index is 10.7. The lowest BCUT2D eigenvalue weighted by atomic mass is 10.2. The van der Waals surface area contributed by atoms with Gasteiger partial charge in [-0.05, 0) is 26.7 Å². The molecule has 0 amide bonds. The summed E-state index contributed by atoms with van der Waals surface area (Å²) in [5.41, 5.74) is 0.613. The monoisotopic (exact) mass is 239 g/mol. The maximum atomic E-state index is 10.7. The van der Waals surface area contributed by atoms with Crippen LogP contribution in [0.3, 0.4) is 0 Å². The molecule has 0 aromatic carbocycles. The van der Waals surface area contributed by atoms with Gasteiger partial charge in [0.05, 0.1) is 17.1 Å². The van der Waals surface area contributed by atoms with Crippen LogP contribution in [0.4, 0.5) is 11.5 Å². The molecule has 0 aliphatic heterocycles. The summed E-state index contributed by atoms with van der Waals surface area (Å²) in [6.45, 7) is 4.02. The molecule has 6 heteroatoms. The molecule has 1 unspecified atom stereocenters. The van der Waals surface area contributed by atoms with E-state index in [1.807, 2.05) is 0 Å². The van der Waals surface area contributed by atoms with E-state index >= 15 is 0 Å². The molecule has 1 heterocycles. The van der Waals surface area contributed by atoms with Crippen LogP contribution in [-0.2, 0) is 0 Å². The predicted octanol–water partition coefficient (Wildman–Crippen LogP) is 1.87. The van der Waals surface area contributed by atoms with Gasteiger partial charge in [0.15, 0.2) is 0 Å². The fourth-order valence-electron chi connectivity index (χ4n) is 1.42. The third-order valence-electron chi connectivity index (χ3n) is 2.38. The molecule has 1 rings (SSSR count). The quantitative estimate of drug-likeness (QED) is 0.449. The standard InChI is InChI=1S/C11H17N3O3/c1-8-7-13-11(6-10(8)14(16)17)12-5-3-4-9(2)15/h6-7,9,15H,3-5H2,1-2H3,(H,12,13). The van der Waals surface area contributed by atoms with Crippen LogP contribution in [0.15, 0.2) is 12.3 Å². The van der Waals surface area contributed by atoms with Crippen molar-refractivity contribution in [2.45, 2.75) is 32.8 Å². The number of aliphatic hydroxyl groups is 1. The number of aromatic nitrogens is 1. The van der Waals surface area contributed by atoms with Gasteiger partial charge in [0, 0.05) is 18.3 Å². The minimum Gasteiger partial charge on any atom is -0.393 e. The number of nitrogens with one attached hydrogen (secondary N) is 1. The number of aryl methyl sites for hydroxylation is 1. The van der Waals surface area contributed by atoms with Gasteiger partial charge in [-0.2, -0.15) is 0 Å². The summed E-state index contributed by atoms with van der Waals surface area (Å²) in [5.74, 6) is 0.493. The second kappa shape index (κ2) is 6.15. The average Bonchev–Trinajstić information content (AvgIpc) is 2.25. The molecule has 0 saturated heterocycles. The van der Waals surface area contributed by atoms with Crippen molar-refractivity contribution >= 4 is 11.5 Å². The third kappa shape index (κ3) is 4.36. The van der Waals surface area contributed by atoms with Crippen molar-refractivity contribution in [2.75, 3.05) is 11.9 Å². The number of aliphatic hydroxyl groups excluding tert-OH is 1. The average molecular weight is 239 g/mol. The third-order valence-corrected chi connectivity index (χ3v) is 2.38. The molecule has 0 aliphatic rings. The zero-order valence-electron chi connectivity index (χ0n) is 10.0. The van der Waals surface area contributed by atoms with E-state index in [1.54, 1.807) is 13.8 Å². The number of nitrogens with zero attached hydrogens (tertiary/aromatic N) is 2. The fraction of sp³-hybridized carbons (Fsp3) is 0.545. The first-order valence-electron chi connectivity index (χ1n) is 5.53. The van der Waals surface area contributed by atoms with Gasteiger partial charge in [-0.25, -0.2) is 4.98 Å². The molecule has 0 radical (unpaired) electrons. The Morgan fingerprint density at radius 2 is 2.35 bits per heavy atom. The molecule has 17 heavy (non-hydrogen) atoms. The summed E-state index contributed by atoms with van der Waals surface area (Å²) in [6, 6.07) is 1.43. The van der Waals surface area contributed by atoms with Gasteiger partial charge >= 0.3 is 0 Å². The van der Waals surface area contributed by atoms with Gasteiger partial charge in [0.2, 0.25) is 0 Å². The molecule has 1 atom stereocenters. The molecule has 94 valence electrons.